The maximum atomic E-state index is 5.79. The van der Waals surface area contributed by atoms with E-state index in [2.05, 4.69) is 27.7 Å². The monoisotopic (exact) mass is 256 g/mol. The van der Waals surface area contributed by atoms with Gasteiger partial charge in [0.2, 0.25) is 0 Å². The van der Waals surface area contributed by atoms with Crippen molar-refractivity contribution >= 4 is 11.3 Å². The van der Waals surface area contributed by atoms with Crippen molar-refractivity contribution in [1.29, 1.82) is 0 Å². The lowest BCUT2D eigenvalue weighted by Gasteiger charge is -2.16. The fourth-order valence-corrected chi connectivity index (χ4v) is 3.11. The summed E-state index contributed by atoms with van der Waals surface area (Å²) in [7, 11) is 1.75. The third-order valence-corrected chi connectivity index (χ3v) is 3.87. The number of rotatable bonds is 6. The molecule has 0 aliphatic heterocycles. The van der Waals surface area contributed by atoms with Gasteiger partial charge in [0.05, 0.1) is 5.69 Å². The molecule has 0 radical (unpaired) electrons. The first-order valence-electron chi connectivity index (χ1n) is 6.20. The number of hydrogen-bond donors (Lipinski definition) is 1. The van der Waals surface area contributed by atoms with Gasteiger partial charge in [-0.25, -0.2) is 4.98 Å². The Kier molecular flexibility index (Phi) is 5.56. The van der Waals surface area contributed by atoms with Crippen LogP contribution in [-0.2, 0) is 17.7 Å². The van der Waals surface area contributed by atoms with Crippen LogP contribution in [0.4, 0.5) is 0 Å². The van der Waals surface area contributed by atoms with Crippen molar-refractivity contribution in [3.05, 3.63) is 15.6 Å². The summed E-state index contributed by atoms with van der Waals surface area (Å²) in [5, 5.41) is 1.07. The van der Waals surface area contributed by atoms with E-state index in [9.17, 15) is 0 Å². The Labute approximate surface area is 108 Å². The minimum absolute atomic E-state index is 0.0891. The van der Waals surface area contributed by atoms with Gasteiger partial charge in [-0.1, -0.05) is 27.7 Å². The summed E-state index contributed by atoms with van der Waals surface area (Å²) in [5.41, 5.74) is 6.94. The van der Waals surface area contributed by atoms with E-state index < -0.39 is 0 Å². The van der Waals surface area contributed by atoms with E-state index >= 15 is 0 Å². The molecule has 0 aliphatic rings. The molecule has 0 amide bonds. The molecule has 4 heteroatoms. The average Bonchev–Trinajstić information content (AvgIpc) is 2.60. The fourth-order valence-electron chi connectivity index (χ4n) is 1.89. The van der Waals surface area contributed by atoms with Crippen LogP contribution in [0.25, 0.3) is 0 Å². The highest BCUT2D eigenvalue weighted by Crippen LogP contribution is 2.31. The van der Waals surface area contributed by atoms with Gasteiger partial charge in [0.15, 0.2) is 0 Å². The lowest BCUT2D eigenvalue weighted by Crippen LogP contribution is -2.08. The van der Waals surface area contributed by atoms with Gasteiger partial charge in [0.25, 0.3) is 0 Å². The fraction of sp³-hybridized carbons (Fsp3) is 0.769. The molecule has 2 N–H and O–H groups in total. The molecule has 0 aliphatic carbocycles. The molecule has 98 valence electrons. The topological polar surface area (TPSA) is 48.1 Å². The molecule has 1 unspecified atom stereocenters. The molecule has 1 heterocycles. The minimum atomic E-state index is 0.0891. The molecule has 1 atom stereocenters. The predicted octanol–water partition coefficient (Wildman–Crippen LogP) is 3.14. The van der Waals surface area contributed by atoms with Crippen LogP contribution >= 0.6 is 11.3 Å². The van der Waals surface area contributed by atoms with Crippen LogP contribution in [0.1, 0.15) is 49.4 Å². The quantitative estimate of drug-likeness (QED) is 0.850. The standard InChI is InChI=1S/C13H24N2OS/c1-8(2)6-10-11(7-14)17-13(15-10)12(16-5)9(3)4/h8-9,12H,6-7,14H2,1-5H3. The van der Waals surface area contributed by atoms with Crippen molar-refractivity contribution in [2.75, 3.05) is 7.11 Å². The second-order valence-electron chi connectivity index (χ2n) is 5.12. The number of thiazole rings is 1. The zero-order valence-electron chi connectivity index (χ0n) is 11.5. The third kappa shape index (κ3) is 3.76. The highest BCUT2D eigenvalue weighted by atomic mass is 32.1. The molecule has 1 aromatic rings. The average molecular weight is 256 g/mol. The summed E-state index contributed by atoms with van der Waals surface area (Å²) in [5.74, 6) is 1.04. The zero-order valence-corrected chi connectivity index (χ0v) is 12.3. The second kappa shape index (κ2) is 6.47. The summed E-state index contributed by atoms with van der Waals surface area (Å²) < 4.78 is 5.52. The molecule has 17 heavy (non-hydrogen) atoms. The second-order valence-corrected chi connectivity index (χ2v) is 6.24. The Morgan fingerprint density at radius 2 is 1.94 bits per heavy atom. The molecule has 1 aromatic heterocycles. The summed E-state index contributed by atoms with van der Waals surface area (Å²) in [4.78, 5) is 5.93. The van der Waals surface area contributed by atoms with E-state index in [1.165, 1.54) is 4.88 Å². The largest absolute Gasteiger partial charge is 0.374 e. The number of ether oxygens (including phenoxy) is 1. The molecule has 0 saturated carbocycles. The van der Waals surface area contributed by atoms with Crippen LogP contribution in [-0.4, -0.2) is 12.1 Å². The Morgan fingerprint density at radius 3 is 2.35 bits per heavy atom. The van der Waals surface area contributed by atoms with Crippen LogP contribution in [0.3, 0.4) is 0 Å². The first-order chi connectivity index (χ1) is 7.99. The lowest BCUT2D eigenvalue weighted by molar-refractivity contribution is 0.0643. The number of nitrogens with two attached hydrogens (primary N) is 1. The van der Waals surface area contributed by atoms with Gasteiger partial charge in [-0.2, -0.15) is 0 Å². The van der Waals surface area contributed by atoms with Gasteiger partial charge in [-0.3, -0.25) is 0 Å². The van der Waals surface area contributed by atoms with Crippen molar-refractivity contribution in [2.45, 2.75) is 46.8 Å². The van der Waals surface area contributed by atoms with Crippen LogP contribution in [0.15, 0.2) is 0 Å². The normalized spacial score (nSPS) is 13.6. The van der Waals surface area contributed by atoms with Crippen LogP contribution in [0.5, 0.6) is 0 Å². The van der Waals surface area contributed by atoms with Gasteiger partial charge < -0.3 is 10.5 Å². The molecule has 0 saturated heterocycles. The van der Waals surface area contributed by atoms with E-state index in [1.54, 1.807) is 18.4 Å². The SMILES string of the molecule is COC(c1nc(CC(C)C)c(CN)s1)C(C)C. The van der Waals surface area contributed by atoms with E-state index in [0.717, 1.165) is 17.1 Å². The summed E-state index contributed by atoms with van der Waals surface area (Å²) in [6.45, 7) is 9.29. The van der Waals surface area contributed by atoms with Crippen LogP contribution < -0.4 is 5.73 Å². The van der Waals surface area contributed by atoms with Crippen LogP contribution in [0.2, 0.25) is 0 Å². The molecule has 0 aromatic carbocycles. The maximum absolute atomic E-state index is 5.79. The van der Waals surface area contributed by atoms with Gasteiger partial charge in [0, 0.05) is 18.5 Å². The van der Waals surface area contributed by atoms with E-state index in [1.807, 2.05) is 0 Å². The molecule has 3 nitrogen and oxygen atoms in total. The molecule has 1 rings (SSSR count). The predicted molar refractivity (Wildman–Crippen MR) is 73.1 cm³/mol. The number of nitrogens with zero attached hydrogens (tertiary/aromatic N) is 1. The van der Waals surface area contributed by atoms with Crippen molar-refractivity contribution in [2.24, 2.45) is 17.6 Å². The molecular weight excluding hydrogens is 232 g/mol. The number of aromatic nitrogens is 1. The lowest BCUT2D eigenvalue weighted by atomic mass is 10.1. The van der Waals surface area contributed by atoms with E-state index in [0.29, 0.717) is 18.4 Å². The number of hydrogen-bond acceptors (Lipinski definition) is 4. The van der Waals surface area contributed by atoms with Crippen molar-refractivity contribution in [1.82, 2.24) is 4.98 Å². The Hall–Kier alpha value is -0.450. The minimum Gasteiger partial charge on any atom is -0.374 e. The summed E-state index contributed by atoms with van der Waals surface area (Å²) in [6.07, 6.45) is 1.09. The van der Waals surface area contributed by atoms with E-state index in [-0.39, 0.29) is 6.10 Å². The van der Waals surface area contributed by atoms with Gasteiger partial charge in [-0.15, -0.1) is 11.3 Å². The first-order valence-corrected chi connectivity index (χ1v) is 7.02. The summed E-state index contributed by atoms with van der Waals surface area (Å²) in [6, 6.07) is 0. The maximum Gasteiger partial charge on any atom is 0.122 e. The van der Waals surface area contributed by atoms with Crippen molar-refractivity contribution in [3.8, 4) is 0 Å². The third-order valence-electron chi connectivity index (χ3n) is 2.68. The molecular formula is C13H24N2OS. The Morgan fingerprint density at radius 1 is 1.29 bits per heavy atom. The first kappa shape index (κ1) is 14.6. The number of methoxy groups -OCH3 is 1. The zero-order chi connectivity index (χ0) is 13.0. The van der Waals surface area contributed by atoms with E-state index in [4.69, 9.17) is 15.5 Å². The van der Waals surface area contributed by atoms with Gasteiger partial charge in [0.1, 0.15) is 11.1 Å². The molecule has 0 spiro atoms. The Balaban J connectivity index is 2.98. The van der Waals surface area contributed by atoms with Gasteiger partial charge in [-0.05, 0) is 18.3 Å². The molecule has 0 bridgehead atoms. The van der Waals surface area contributed by atoms with Crippen LogP contribution in [0, 0.1) is 11.8 Å². The van der Waals surface area contributed by atoms with Gasteiger partial charge >= 0.3 is 0 Å². The smallest absolute Gasteiger partial charge is 0.122 e. The molecule has 0 fully saturated rings. The Bertz CT molecular complexity index is 347. The van der Waals surface area contributed by atoms with Crippen molar-refractivity contribution in [3.63, 3.8) is 0 Å². The summed E-state index contributed by atoms with van der Waals surface area (Å²) >= 11 is 1.70. The van der Waals surface area contributed by atoms with Crippen molar-refractivity contribution < 1.29 is 4.74 Å². The highest BCUT2D eigenvalue weighted by molar-refractivity contribution is 7.11. The highest BCUT2D eigenvalue weighted by Gasteiger charge is 2.21.